The second-order valence-electron chi connectivity index (χ2n) is 5.31. The summed E-state index contributed by atoms with van der Waals surface area (Å²) in [7, 11) is 1.56. The van der Waals surface area contributed by atoms with Crippen molar-refractivity contribution in [2.24, 2.45) is 0 Å². The molecule has 0 aromatic carbocycles. The lowest BCUT2D eigenvalue weighted by Gasteiger charge is -2.23. The van der Waals surface area contributed by atoms with Crippen molar-refractivity contribution in [2.45, 2.75) is 19.3 Å². The molecule has 21 heavy (non-hydrogen) atoms. The van der Waals surface area contributed by atoms with Crippen molar-refractivity contribution >= 4 is 23.1 Å². The van der Waals surface area contributed by atoms with Crippen molar-refractivity contribution in [1.82, 2.24) is 10.3 Å². The fourth-order valence-corrected chi connectivity index (χ4v) is 2.79. The first-order valence-corrected chi connectivity index (χ1v) is 7.48. The lowest BCUT2D eigenvalue weighted by atomic mass is 9.91. The standard InChI is InChI=1S/C15H18FN3OS/c1-15(2,11-5-4-8-21-11)9-19-14(20)10-6-7-18-13(17-3)12(10)16/h4-8H,9H2,1-3H3,(H,17,18)(H,19,20). The minimum atomic E-state index is -0.633. The second-order valence-corrected chi connectivity index (χ2v) is 6.26. The van der Waals surface area contributed by atoms with Crippen molar-refractivity contribution in [3.8, 4) is 0 Å². The number of carbonyl (C=O) groups is 1. The van der Waals surface area contributed by atoms with Crippen LogP contribution in [0.2, 0.25) is 0 Å². The number of hydrogen-bond acceptors (Lipinski definition) is 4. The molecule has 4 nitrogen and oxygen atoms in total. The number of nitrogens with one attached hydrogen (secondary N) is 2. The van der Waals surface area contributed by atoms with Crippen LogP contribution in [0.25, 0.3) is 0 Å². The average Bonchev–Trinajstić information content (AvgIpc) is 3.00. The van der Waals surface area contributed by atoms with Crippen molar-refractivity contribution in [3.05, 3.63) is 46.0 Å². The maximum absolute atomic E-state index is 14.0. The zero-order chi connectivity index (χ0) is 15.5. The van der Waals surface area contributed by atoms with Gasteiger partial charge in [0, 0.05) is 30.1 Å². The van der Waals surface area contributed by atoms with Crippen molar-refractivity contribution in [2.75, 3.05) is 18.9 Å². The summed E-state index contributed by atoms with van der Waals surface area (Å²) in [5.74, 6) is -0.998. The van der Waals surface area contributed by atoms with Gasteiger partial charge in [0.2, 0.25) is 0 Å². The summed E-state index contributed by atoms with van der Waals surface area (Å²) < 4.78 is 14.0. The van der Waals surface area contributed by atoms with Gasteiger partial charge in [0.05, 0.1) is 5.56 Å². The number of halogens is 1. The SMILES string of the molecule is CNc1nccc(C(=O)NCC(C)(C)c2cccs2)c1F. The van der Waals surface area contributed by atoms with Gasteiger partial charge < -0.3 is 10.6 Å². The summed E-state index contributed by atoms with van der Waals surface area (Å²) in [6.45, 7) is 4.52. The van der Waals surface area contributed by atoms with Crippen LogP contribution in [-0.4, -0.2) is 24.5 Å². The number of hydrogen-bond donors (Lipinski definition) is 2. The molecular weight excluding hydrogens is 289 g/mol. The summed E-state index contributed by atoms with van der Waals surface area (Å²) in [4.78, 5) is 17.1. The molecule has 2 N–H and O–H groups in total. The van der Waals surface area contributed by atoms with Crippen molar-refractivity contribution in [3.63, 3.8) is 0 Å². The van der Waals surface area contributed by atoms with Gasteiger partial charge in [-0.25, -0.2) is 9.37 Å². The zero-order valence-corrected chi connectivity index (χ0v) is 13.1. The molecule has 0 radical (unpaired) electrons. The molecule has 112 valence electrons. The molecular formula is C15H18FN3OS. The first kappa shape index (κ1) is 15.4. The van der Waals surface area contributed by atoms with E-state index in [1.54, 1.807) is 18.4 Å². The normalized spacial score (nSPS) is 11.2. The molecule has 0 atom stereocenters. The van der Waals surface area contributed by atoms with Gasteiger partial charge in [-0.2, -0.15) is 0 Å². The molecule has 0 saturated carbocycles. The van der Waals surface area contributed by atoms with Crippen LogP contribution < -0.4 is 10.6 Å². The highest BCUT2D eigenvalue weighted by Crippen LogP contribution is 2.26. The van der Waals surface area contributed by atoms with Crippen LogP contribution in [0.5, 0.6) is 0 Å². The third-order valence-electron chi connectivity index (χ3n) is 3.25. The van der Waals surface area contributed by atoms with E-state index in [4.69, 9.17) is 0 Å². The highest BCUT2D eigenvalue weighted by atomic mass is 32.1. The Morgan fingerprint density at radius 1 is 1.43 bits per heavy atom. The van der Waals surface area contributed by atoms with Crippen LogP contribution in [0.1, 0.15) is 29.1 Å². The van der Waals surface area contributed by atoms with Gasteiger partial charge in [-0.05, 0) is 17.5 Å². The molecule has 0 aliphatic carbocycles. The molecule has 0 aliphatic rings. The third kappa shape index (κ3) is 3.39. The zero-order valence-electron chi connectivity index (χ0n) is 12.2. The molecule has 2 aromatic rings. The molecule has 0 unspecified atom stereocenters. The third-order valence-corrected chi connectivity index (χ3v) is 4.49. The number of nitrogens with zero attached hydrogens (tertiary/aromatic N) is 1. The van der Waals surface area contributed by atoms with E-state index in [0.717, 1.165) is 0 Å². The van der Waals surface area contributed by atoms with Gasteiger partial charge in [0.1, 0.15) is 0 Å². The Kier molecular flexibility index (Phi) is 4.57. The summed E-state index contributed by atoms with van der Waals surface area (Å²) in [6, 6.07) is 5.39. The summed E-state index contributed by atoms with van der Waals surface area (Å²) in [6.07, 6.45) is 1.41. The van der Waals surface area contributed by atoms with Gasteiger partial charge in [0.25, 0.3) is 5.91 Å². The summed E-state index contributed by atoms with van der Waals surface area (Å²) in [5, 5.41) is 7.41. The highest BCUT2D eigenvalue weighted by Gasteiger charge is 2.24. The molecule has 6 heteroatoms. The molecule has 0 fully saturated rings. The molecule has 0 bridgehead atoms. The van der Waals surface area contributed by atoms with E-state index in [2.05, 4.69) is 15.6 Å². The van der Waals surface area contributed by atoms with Crippen molar-refractivity contribution in [1.29, 1.82) is 0 Å². The first-order chi connectivity index (χ1) is 9.95. The van der Waals surface area contributed by atoms with Crippen LogP contribution >= 0.6 is 11.3 Å². The number of rotatable bonds is 5. The van der Waals surface area contributed by atoms with Gasteiger partial charge >= 0.3 is 0 Å². The Morgan fingerprint density at radius 2 is 2.19 bits per heavy atom. The monoisotopic (exact) mass is 307 g/mol. The molecule has 1 amide bonds. The number of carbonyl (C=O) groups excluding carboxylic acids is 1. The molecule has 2 heterocycles. The lowest BCUT2D eigenvalue weighted by Crippen LogP contribution is -2.36. The second kappa shape index (κ2) is 6.22. The van der Waals surface area contributed by atoms with Gasteiger partial charge in [-0.1, -0.05) is 19.9 Å². The topological polar surface area (TPSA) is 54.0 Å². The fourth-order valence-electron chi connectivity index (χ4n) is 1.94. The molecule has 0 aliphatic heterocycles. The van der Waals surface area contributed by atoms with Gasteiger partial charge in [0.15, 0.2) is 11.6 Å². The quantitative estimate of drug-likeness (QED) is 0.893. The van der Waals surface area contributed by atoms with Crippen molar-refractivity contribution < 1.29 is 9.18 Å². The molecule has 2 aromatic heterocycles. The maximum atomic E-state index is 14.0. The first-order valence-electron chi connectivity index (χ1n) is 6.60. The van der Waals surface area contributed by atoms with Crippen LogP contribution in [0, 0.1) is 5.82 Å². The van der Waals surface area contributed by atoms with E-state index in [0.29, 0.717) is 6.54 Å². The van der Waals surface area contributed by atoms with Crippen LogP contribution in [0.15, 0.2) is 29.8 Å². The number of pyridine rings is 1. The van der Waals surface area contributed by atoms with E-state index >= 15 is 0 Å². The number of thiophene rings is 1. The van der Waals surface area contributed by atoms with E-state index < -0.39 is 11.7 Å². The summed E-state index contributed by atoms with van der Waals surface area (Å²) >= 11 is 1.64. The summed E-state index contributed by atoms with van der Waals surface area (Å²) in [5.41, 5.74) is -0.199. The smallest absolute Gasteiger partial charge is 0.254 e. The van der Waals surface area contributed by atoms with E-state index in [1.165, 1.54) is 17.1 Å². The molecule has 2 rings (SSSR count). The Bertz CT molecular complexity index is 626. The minimum absolute atomic E-state index is 0.00340. The maximum Gasteiger partial charge on any atom is 0.254 e. The van der Waals surface area contributed by atoms with Crippen LogP contribution in [0.3, 0.4) is 0 Å². The Balaban J connectivity index is 2.09. The van der Waals surface area contributed by atoms with E-state index in [-0.39, 0.29) is 16.8 Å². The minimum Gasteiger partial charge on any atom is -0.371 e. The highest BCUT2D eigenvalue weighted by molar-refractivity contribution is 7.10. The number of aromatic nitrogens is 1. The van der Waals surface area contributed by atoms with Crippen LogP contribution in [-0.2, 0) is 5.41 Å². The molecule has 0 spiro atoms. The van der Waals surface area contributed by atoms with Gasteiger partial charge in [-0.3, -0.25) is 4.79 Å². The molecule has 0 saturated heterocycles. The van der Waals surface area contributed by atoms with E-state index in [1.807, 2.05) is 31.4 Å². The Labute approximate surface area is 127 Å². The number of amides is 1. The van der Waals surface area contributed by atoms with Gasteiger partial charge in [-0.15, -0.1) is 11.3 Å². The Hall–Kier alpha value is -1.95. The van der Waals surface area contributed by atoms with Crippen LogP contribution in [0.4, 0.5) is 10.2 Å². The van der Waals surface area contributed by atoms with E-state index in [9.17, 15) is 9.18 Å². The predicted molar refractivity (Wildman–Crippen MR) is 83.4 cm³/mol. The largest absolute Gasteiger partial charge is 0.371 e. The fraction of sp³-hybridized carbons (Fsp3) is 0.333. The number of anilines is 1. The Morgan fingerprint density at radius 3 is 2.81 bits per heavy atom. The predicted octanol–water partition coefficient (Wildman–Crippen LogP) is 3.03. The lowest BCUT2D eigenvalue weighted by molar-refractivity contribution is 0.0942. The average molecular weight is 307 g/mol.